The van der Waals surface area contributed by atoms with Gasteiger partial charge in [-0.3, -0.25) is 4.68 Å². The summed E-state index contributed by atoms with van der Waals surface area (Å²) in [7, 11) is 1.66. The second kappa shape index (κ2) is 7.42. The number of nitrogens with zero attached hydrogens (tertiary/aromatic N) is 4. The predicted octanol–water partition coefficient (Wildman–Crippen LogP) is 4.50. The van der Waals surface area contributed by atoms with Gasteiger partial charge in [-0.15, -0.1) is 0 Å². The van der Waals surface area contributed by atoms with E-state index in [9.17, 15) is 0 Å². The number of methoxy groups -OCH3 is 1. The van der Waals surface area contributed by atoms with Gasteiger partial charge >= 0.3 is 0 Å². The first-order chi connectivity index (χ1) is 14.6. The zero-order chi connectivity index (χ0) is 20.7. The minimum absolute atomic E-state index is 0.0649. The van der Waals surface area contributed by atoms with Gasteiger partial charge in [0.05, 0.1) is 26.0 Å². The standard InChI is InChI=1S/C23H22N4O3/c1-14-4-5-17(10-15(14)2)22-24-23(30-26-22)20-11-18-13-29-21(12-27(18)25-20)16-6-8-19(28-3)9-7-16/h4-11,21H,12-13H2,1-3H3/t21-/m1/s1. The highest BCUT2D eigenvalue weighted by molar-refractivity contribution is 5.59. The molecule has 1 atom stereocenters. The first-order valence-corrected chi connectivity index (χ1v) is 9.84. The molecule has 7 nitrogen and oxygen atoms in total. The monoisotopic (exact) mass is 402 g/mol. The molecule has 2 aromatic heterocycles. The van der Waals surface area contributed by atoms with Crippen LogP contribution in [0.15, 0.2) is 53.1 Å². The molecule has 0 unspecified atom stereocenters. The first-order valence-electron chi connectivity index (χ1n) is 9.84. The van der Waals surface area contributed by atoms with Gasteiger partial charge in [0.15, 0.2) is 5.69 Å². The lowest BCUT2D eigenvalue weighted by molar-refractivity contribution is -0.00115. The molecular weight excluding hydrogens is 380 g/mol. The summed E-state index contributed by atoms with van der Waals surface area (Å²) in [6, 6.07) is 16.0. The zero-order valence-electron chi connectivity index (χ0n) is 17.1. The van der Waals surface area contributed by atoms with Gasteiger partial charge in [0.25, 0.3) is 5.89 Å². The molecule has 0 radical (unpaired) electrons. The van der Waals surface area contributed by atoms with Crippen LogP contribution in [0.3, 0.4) is 0 Å². The van der Waals surface area contributed by atoms with E-state index in [4.69, 9.17) is 14.0 Å². The number of aryl methyl sites for hydroxylation is 2. The van der Waals surface area contributed by atoms with Gasteiger partial charge in [-0.2, -0.15) is 10.1 Å². The number of aromatic nitrogens is 4. The largest absolute Gasteiger partial charge is 0.497 e. The molecule has 0 spiro atoms. The molecule has 1 aliphatic rings. The Kier molecular flexibility index (Phi) is 4.59. The summed E-state index contributed by atoms with van der Waals surface area (Å²) in [5, 5.41) is 8.83. The molecule has 0 saturated carbocycles. The highest BCUT2D eigenvalue weighted by atomic mass is 16.5. The summed E-state index contributed by atoms with van der Waals surface area (Å²) < 4.78 is 18.7. The third-order valence-electron chi connectivity index (χ3n) is 5.53. The van der Waals surface area contributed by atoms with E-state index in [0.717, 1.165) is 22.6 Å². The van der Waals surface area contributed by atoms with Crippen molar-refractivity contribution in [2.75, 3.05) is 7.11 Å². The highest BCUT2D eigenvalue weighted by Gasteiger charge is 2.24. The Morgan fingerprint density at radius 3 is 2.63 bits per heavy atom. The Labute approximate surface area is 174 Å². The highest BCUT2D eigenvalue weighted by Crippen LogP contribution is 2.30. The van der Waals surface area contributed by atoms with E-state index in [1.807, 2.05) is 41.1 Å². The molecule has 0 fully saturated rings. The van der Waals surface area contributed by atoms with Gasteiger partial charge in [0.2, 0.25) is 5.82 Å². The molecule has 152 valence electrons. The minimum atomic E-state index is -0.0649. The molecule has 3 heterocycles. The molecule has 0 amide bonds. The second-order valence-corrected chi connectivity index (χ2v) is 7.50. The van der Waals surface area contributed by atoms with Gasteiger partial charge in [0.1, 0.15) is 11.9 Å². The Morgan fingerprint density at radius 1 is 1.03 bits per heavy atom. The summed E-state index contributed by atoms with van der Waals surface area (Å²) >= 11 is 0. The third kappa shape index (κ3) is 3.37. The van der Waals surface area contributed by atoms with E-state index in [0.29, 0.717) is 30.6 Å². The summed E-state index contributed by atoms with van der Waals surface area (Å²) in [4.78, 5) is 4.55. The number of benzene rings is 2. The van der Waals surface area contributed by atoms with Crippen LogP contribution in [0.25, 0.3) is 23.0 Å². The van der Waals surface area contributed by atoms with Gasteiger partial charge < -0.3 is 14.0 Å². The fourth-order valence-electron chi connectivity index (χ4n) is 3.58. The van der Waals surface area contributed by atoms with E-state index < -0.39 is 0 Å². The maximum atomic E-state index is 6.04. The van der Waals surface area contributed by atoms with E-state index in [-0.39, 0.29) is 6.10 Å². The molecule has 2 aromatic carbocycles. The summed E-state index contributed by atoms with van der Waals surface area (Å²) in [6.07, 6.45) is -0.0649. The fraction of sp³-hybridized carbons (Fsp3) is 0.261. The number of hydrogen-bond acceptors (Lipinski definition) is 6. The molecule has 0 N–H and O–H groups in total. The maximum Gasteiger partial charge on any atom is 0.278 e. The molecule has 4 aromatic rings. The average molecular weight is 402 g/mol. The Bertz CT molecular complexity index is 1190. The van der Waals surface area contributed by atoms with Crippen molar-refractivity contribution >= 4 is 0 Å². The lowest BCUT2D eigenvalue weighted by Crippen LogP contribution is -2.21. The number of ether oxygens (including phenoxy) is 2. The van der Waals surface area contributed by atoms with Crippen molar-refractivity contribution < 1.29 is 14.0 Å². The smallest absolute Gasteiger partial charge is 0.278 e. The molecule has 30 heavy (non-hydrogen) atoms. The van der Waals surface area contributed by atoms with Crippen LogP contribution in [-0.4, -0.2) is 27.0 Å². The fourth-order valence-corrected chi connectivity index (χ4v) is 3.58. The van der Waals surface area contributed by atoms with Gasteiger partial charge in [-0.05, 0) is 54.8 Å². The van der Waals surface area contributed by atoms with Crippen LogP contribution >= 0.6 is 0 Å². The van der Waals surface area contributed by atoms with Gasteiger partial charge in [0, 0.05) is 5.56 Å². The average Bonchev–Trinajstić information content (AvgIpc) is 3.42. The van der Waals surface area contributed by atoms with E-state index in [1.165, 1.54) is 11.1 Å². The lowest BCUT2D eigenvalue weighted by Gasteiger charge is -2.24. The summed E-state index contributed by atoms with van der Waals surface area (Å²) in [6.45, 7) is 5.25. The SMILES string of the molecule is COc1ccc([C@H]2Cn3nc(-c4nc(-c5ccc(C)c(C)c5)no4)cc3CO2)cc1. The molecule has 5 rings (SSSR count). The number of rotatable bonds is 4. The van der Waals surface area contributed by atoms with Crippen molar-refractivity contribution in [2.45, 2.75) is 33.1 Å². The van der Waals surface area contributed by atoms with Crippen LogP contribution in [0.2, 0.25) is 0 Å². The predicted molar refractivity (Wildman–Crippen MR) is 111 cm³/mol. The number of hydrogen-bond donors (Lipinski definition) is 0. The van der Waals surface area contributed by atoms with Gasteiger partial charge in [-0.25, -0.2) is 0 Å². The van der Waals surface area contributed by atoms with Crippen LogP contribution in [0.4, 0.5) is 0 Å². The van der Waals surface area contributed by atoms with Crippen molar-refractivity contribution in [1.29, 1.82) is 0 Å². The van der Waals surface area contributed by atoms with Crippen molar-refractivity contribution in [3.05, 3.63) is 70.9 Å². The lowest BCUT2D eigenvalue weighted by atomic mass is 10.1. The van der Waals surface area contributed by atoms with Crippen LogP contribution in [0, 0.1) is 13.8 Å². The Hall–Kier alpha value is -3.45. The van der Waals surface area contributed by atoms with Crippen molar-refractivity contribution in [3.63, 3.8) is 0 Å². The number of fused-ring (bicyclic) bond motifs is 1. The zero-order valence-corrected chi connectivity index (χ0v) is 17.1. The van der Waals surface area contributed by atoms with Crippen LogP contribution in [-0.2, 0) is 17.9 Å². The molecule has 0 saturated heterocycles. The quantitative estimate of drug-likeness (QED) is 0.500. The molecule has 0 bridgehead atoms. The minimum Gasteiger partial charge on any atom is -0.497 e. The summed E-state index contributed by atoms with van der Waals surface area (Å²) in [5.74, 6) is 1.80. The molecule has 0 aliphatic carbocycles. The molecule has 1 aliphatic heterocycles. The topological polar surface area (TPSA) is 75.2 Å². The van der Waals surface area contributed by atoms with Crippen molar-refractivity contribution in [2.24, 2.45) is 0 Å². The second-order valence-electron chi connectivity index (χ2n) is 7.50. The van der Waals surface area contributed by atoms with Gasteiger partial charge in [-0.1, -0.05) is 29.4 Å². The van der Waals surface area contributed by atoms with E-state index in [1.54, 1.807) is 7.11 Å². The van der Waals surface area contributed by atoms with Crippen molar-refractivity contribution in [3.8, 4) is 28.7 Å². The maximum absolute atomic E-state index is 6.04. The Morgan fingerprint density at radius 2 is 1.87 bits per heavy atom. The summed E-state index contributed by atoms with van der Waals surface area (Å²) in [5.41, 5.74) is 6.09. The Balaban J connectivity index is 1.38. The normalized spacial score (nSPS) is 15.8. The van der Waals surface area contributed by atoms with E-state index >= 15 is 0 Å². The van der Waals surface area contributed by atoms with Crippen LogP contribution in [0.1, 0.15) is 28.5 Å². The third-order valence-corrected chi connectivity index (χ3v) is 5.53. The van der Waals surface area contributed by atoms with Crippen molar-refractivity contribution in [1.82, 2.24) is 19.9 Å². The molecule has 7 heteroatoms. The van der Waals surface area contributed by atoms with Crippen LogP contribution in [0.5, 0.6) is 5.75 Å². The van der Waals surface area contributed by atoms with E-state index in [2.05, 4.69) is 41.2 Å². The molecular formula is C23H22N4O3. The first kappa shape index (κ1) is 18.6. The van der Waals surface area contributed by atoms with Crippen LogP contribution < -0.4 is 4.74 Å².